The Labute approximate surface area is 254 Å². The average molecular weight is 639 g/mol. The third-order valence-corrected chi connectivity index (χ3v) is 8.39. The third-order valence-electron chi connectivity index (χ3n) is 7.27. The number of fused-ring (bicyclic) bond motifs is 2. The van der Waals surface area contributed by atoms with E-state index in [2.05, 4.69) is 5.32 Å². The summed E-state index contributed by atoms with van der Waals surface area (Å²) in [5, 5.41) is 2.84. The summed E-state index contributed by atoms with van der Waals surface area (Å²) in [6, 6.07) is 16.4. The molecule has 2 heterocycles. The maximum Gasteiger partial charge on any atom is 0.261 e. The molecule has 43 heavy (non-hydrogen) atoms. The first-order chi connectivity index (χ1) is 19.9. The summed E-state index contributed by atoms with van der Waals surface area (Å²) in [4.78, 5) is 28.0. The second kappa shape index (κ2) is 13.7. The van der Waals surface area contributed by atoms with Crippen LogP contribution in [0.2, 0.25) is 0 Å². The van der Waals surface area contributed by atoms with Crippen LogP contribution in [0.4, 0.5) is 5.69 Å². The molecule has 2 aromatic carbocycles. The predicted molar refractivity (Wildman–Crippen MR) is 165 cm³/mol. The first-order valence-electron chi connectivity index (χ1n) is 13.9. The molecule has 1 fully saturated rings. The largest absolute Gasteiger partial charge is 0.374 e. The summed E-state index contributed by atoms with van der Waals surface area (Å²) in [5.74, 6) is -0.511. The van der Waals surface area contributed by atoms with Gasteiger partial charge >= 0.3 is 0 Å². The van der Waals surface area contributed by atoms with Crippen LogP contribution < -0.4 is 15.4 Å². The first kappa shape index (κ1) is 34.5. The Bertz CT molecular complexity index is 1480. The molecule has 0 aromatic heterocycles. The Kier molecular flexibility index (Phi) is 11.0. The van der Waals surface area contributed by atoms with Crippen LogP contribution >= 0.6 is 0 Å². The van der Waals surface area contributed by atoms with Crippen molar-refractivity contribution in [3.63, 3.8) is 0 Å². The Morgan fingerprint density at radius 2 is 1.58 bits per heavy atom. The number of nitrogens with one attached hydrogen (secondary N) is 1. The van der Waals surface area contributed by atoms with Crippen molar-refractivity contribution < 1.29 is 35.7 Å². The van der Waals surface area contributed by atoms with Gasteiger partial charge in [-0.05, 0) is 43.9 Å². The van der Waals surface area contributed by atoms with Gasteiger partial charge in [0.25, 0.3) is 10.1 Å². The number of carbonyl (C=O) groups is 2. The fourth-order valence-electron chi connectivity index (χ4n) is 5.39. The van der Waals surface area contributed by atoms with Crippen molar-refractivity contribution in [3.8, 4) is 0 Å². The lowest BCUT2D eigenvalue weighted by atomic mass is 9.74. The lowest BCUT2D eigenvalue weighted by molar-refractivity contribution is -0.140. The Balaban J connectivity index is 0.000000934. The number of para-hydroxylation sites is 1. The van der Waals surface area contributed by atoms with Crippen molar-refractivity contribution in [3.05, 3.63) is 65.7 Å². The molecular formula is C29H42N4O8S2. The van der Waals surface area contributed by atoms with E-state index in [1.54, 1.807) is 18.7 Å². The molecule has 0 aliphatic carbocycles. The Morgan fingerprint density at radius 3 is 2.14 bits per heavy atom. The molecular weight excluding hydrogens is 596 g/mol. The molecule has 14 heteroatoms. The van der Waals surface area contributed by atoms with Crippen molar-refractivity contribution in [1.82, 2.24) is 10.2 Å². The zero-order valence-electron chi connectivity index (χ0n) is 25.0. The summed E-state index contributed by atoms with van der Waals surface area (Å²) in [6.45, 7) is 5.17. The number of likely N-dealkylation sites (tertiary alicyclic amines) is 1. The van der Waals surface area contributed by atoms with Crippen molar-refractivity contribution in [2.24, 2.45) is 5.73 Å². The predicted octanol–water partition coefficient (Wildman–Crippen LogP) is 1.66. The number of benzene rings is 2. The SMILES string of the molecule is CC(C)(N)CC(=O)N[C@H](COCc1ccccc1)C(=O)N1CCC2(CC1)CN(S(C)(=O)=O)c1ccccc12.CS(=O)(=O)O. The molecule has 1 atom stereocenters. The second-order valence-electron chi connectivity index (χ2n) is 11.9. The highest BCUT2D eigenvalue weighted by Gasteiger charge is 2.47. The maximum absolute atomic E-state index is 13.6. The molecule has 0 unspecified atom stereocenters. The zero-order valence-corrected chi connectivity index (χ0v) is 26.7. The molecule has 2 aromatic rings. The lowest BCUT2D eigenvalue weighted by Gasteiger charge is -2.41. The van der Waals surface area contributed by atoms with Gasteiger partial charge in [0, 0.05) is 37.0 Å². The minimum Gasteiger partial charge on any atom is -0.374 e. The minimum atomic E-state index is -3.67. The van der Waals surface area contributed by atoms with Crippen LogP contribution in [-0.4, -0.2) is 88.4 Å². The van der Waals surface area contributed by atoms with Gasteiger partial charge in [-0.15, -0.1) is 0 Å². The molecule has 0 bridgehead atoms. The van der Waals surface area contributed by atoms with Gasteiger partial charge in [-0.25, -0.2) is 8.42 Å². The summed E-state index contributed by atoms with van der Waals surface area (Å²) in [7, 11) is -7.08. The van der Waals surface area contributed by atoms with Gasteiger partial charge in [-0.1, -0.05) is 48.5 Å². The summed E-state index contributed by atoms with van der Waals surface area (Å²) < 4.78 is 58.2. The van der Waals surface area contributed by atoms with E-state index in [0.717, 1.165) is 16.8 Å². The second-order valence-corrected chi connectivity index (χ2v) is 15.3. The van der Waals surface area contributed by atoms with Crippen LogP contribution in [0.1, 0.15) is 44.2 Å². The number of rotatable bonds is 9. The fourth-order valence-corrected chi connectivity index (χ4v) is 6.38. The number of piperidine rings is 1. The molecule has 238 valence electrons. The molecule has 2 aliphatic heterocycles. The van der Waals surface area contributed by atoms with E-state index in [-0.39, 0.29) is 30.3 Å². The third kappa shape index (κ3) is 10.3. The molecule has 0 radical (unpaired) electrons. The van der Waals surface area contributed by atoms with Crippen LogP contribution in [0.15, 0.2) is 54.6 Å². The Hall–Kier alpha value is -3.04. The zero-order chi connectivity index (χ0) is 32.1. The van der Waals surface area contributed by atoms with E-state index in [9.17, 15) is 26.4 Å². The number of carbonyl (C=O) groups excluding carboxylic acids is 2. The van der Waals surface area contributed by atoms with Gasteiger partial charge in [0.1, 0.15) is 6.04 Å². The van der Waals surface area contributed by atoms with Crippen molar-refractivity contribution in [1.29, 1.82) is 0 Å². The van der Waals surface area contributed by atoms with Crippen LogP contribution in [0, 0.1) is 0 Å². The summed E-state index contributed by atoms with van der Waals surface area (Å²) >= 11 is 0. The molecule has 1 spiro atoms. The van der Waals surface area contributed by atoms with E-state index in [4.69, 9.17) is 15.0 Å². The number of amides is 2. The quantitative estimate of drug-likeness (QED) is 0.345. The van der Waals surface area contributed by atoms with E-state index in [0.29, 0.717) is 45.3 Å². The topological polar surface area (TPSA) is 176 Å². The van der Waals surface area contributed by atoms with Gasteiger partial charge < -0.3 is 20.7 Å². The van der Waals surface area contributed by atoms with Gasteiger partial charge in [-0.2, -0.15) is 8.42 Å². The van der Waals surface area contributed by atoms with Gasteiger partial charge in [-0.3, -0.25) is 18.4 Å². The molecule has 4 rings (SSSR count). The number of sulfonamides is 1. The van der Waals surface area contributed by atoms with Crippen LogP contribution in [0.3, 0.4) is 0 Å². The number of nitrogens with zero attached hydrogens (tertiary/aromatic N) is 2. The first-order valence-corrected chi connectivity index (χ1v) is 17.6. The highest BCUT2D eigenvalue weighted by Crippen LogP contribution is 2.47. The summed E-state index contributed by atoms with van der Waals surface area (Å²) in [6.07, 6.45) is 3.28. The van der Waals surface area contributed by atoms with Crippen molar-refractivity contribution in [2.75, 3.05) is 43.1 Å². The number of anilines is 1. The average Bonchev–Trinajstić information content (AvgIpc) is 3.21. The van der Waals surface area contributed by atoms with E-state index in [1.165, 1.54) is 10.6 Å². The van der Waals surface area contributed by atoms with Gasteiger partial charge in [0.15, 0.2) is 0 Å². The lowest BCUT2D eigenvalue weighted by Crippen LogP contribution is -2.55. The normalized spacial score (nSPS) is 17.1. The minimum absolute atomic E-state index is 0.0385. The monoisotopic (exact) mass is 638 g/mol. The van der Waals surface area contributed by atoms with Crippen LogP contribution in [-0.2, 0) is 46.5 Å². The number of ether oxygens (including phenoxy) is 1. The highest BCUT2D eigenvalue weighted by molar-refractivity contribution is 7.92. The Morgan fingerprint density at radius 1 is 1.02 bits per heavy atom. The van der Waals surface area contributed by atoms with E-state index in [1.807, 2.05) is 54.6 Å². The molecule has 0 saturated carbocycles. The van der Waals surface area contributed by atoms with Crippen molar-refractivity contribution >= 4 is 37.6 Å². The van der Waals surface area contributed by atoms with Crippen LogP contribution in [0.5, 0.6) is 0 Å². The molecule has 2 amide bonds. The molecule has 4 N–H and O–H groups in total. The van der Waals surface area contributed by atoms with Crippen LogP contribution in [0.25, 0.3) is 0 Å². The maximum atomic E-state index is 13.6. The number of hydrogen-bond acceptors (Lipinski definition) is 8. The smallest absolute Gasteiger partial charge is 0.261 e. The standard InChI is InChI=1S/C28H38N4O5S.CH4O3S/c1-27(2,29)17-25(33)30-23(19-37-18-21-9-5-4-6-10-21)26(34)31-15-13-28(14-16-31)20-32(38(3,35)36)24-12-8-7-11-22(24)28;1-5(2,3)4/h4-12,23H,13-20,29H2,1-3H3,(H,30,33);1H3,(H,2,3,4)/t23-;/m1./s1. The number of hydrogen-bond donors (Lipinski definition) is 3. The summed E-state index contributed by atoms with van der Waals surface area (Å²) in [5.41, 5.74) is 7.68. The highest BCUT2D eigenvalue weighted by atomic mass is 32.2. The molecule has 12 nitrogen and oxygen atoms in total. The van der Waals surface area contributed by atoms with Gasteiger partial charge in [0.05, 0.1) is 31.4 Å². The van der Waals surface area contributed by atoms with Crippen molar-refractivity contribution in [2.45, 2.75) is 56.7 Å². The molecule has 2 aliphatic rings. The number of nitrogens with two attached hydrogens (primary N) is 1. The van der Waals surface area contributed by atoms with E-state index < -0.39 is 31.7 Å². The fraction of sp³-hybridized carbons (Fsp3) is 0.517. The van der Waals surface area contributed by atoms with Gasteiger partial charge in [0.2, 0.25) is 21.8 Å². The van der Waals surface area contributed by atoms with E-state index >= 15 is 0 Å². The molecule has 1 saturated heterocycles.